The van der Waals surface area contributed by atoms with Crippen molar-refractivity contribution in [2.75, 3.05) is 31.1 Å². The van der Waals surface area contributed by atoms with E-state index in [2.05, 4.69) is 11.8 Å². The Balaban J connectivity index is 2.00. The second-order valence-electron chi connectivity index (χ2n) is 4.20. The van der Waals surface area contributed by atoms with Crippen LogP contribution in [0.3, 0.4) is 0 Å². The fourth-order valence-electron chi connectivity index (χ4n) is 1.80. The van der Waals surface area contributed by atoms with Crippen LogP contribution in [0.2, 0.25) is 0 Å². The molecule has 15 heavy (non-hydrogen) atoms. The SMILES string of the molecule is CCCCCC(=O)CCN1CCSCC1. The minimum atomic E-state index is 0.460. The van der Waals surface area contributed by atoms with Crippen LogP contribution in [-0.2, 0) is 4.79 Å². The Kier molecular flexibility index (Phi) is 7.11. The number of nitrogens with zero attached hydrogens (tertiary/aromatic N) is 1. The molecule has 3 heteroatoms. The summed E-state index contributed by atoms with van der Waals surface area (Å²) in [5.74, 6) is 2.94. The zero-order valence-electron chi connectivity index (χ0n) is 9.83. The molecule has 0 N–H and O–H groups in total. The van der Waals surface area contributed by atoms with E-state index in [1.54, 1.807) is 0 Å². The van der Waals surface area contributed by atoms with Crippen LogP contribution in [0.15, 0.2) is 0 Å². The number of rotatable bonds is 7. The summed E-state index contributed by atoms with van der Waals surface area (Å²) in [5.41, 5.74) is 0. The Morgan fingerprint density at radius 1 is 1.20 bits per heavy atom. The van der Waals surface area contributed by atoms with E-state index in [0.717, 1.165) is 25.8 Å². The van der Waals surface area contributed by atoms with Crippen LogP contribution in [0.25, 0.3) is 0 Å². The average molecular weight is 229 g/mol. The first-order chi connectivity index (χ1) is 7.33. The summed E-state index contributed by atoms with van der Waals surface area (Å²) in [5, 5.41) is 0. The smallest absolute Gasteiger partial charge is 0.134 e. The fraction of sp³-hybridized carbons (Fsp3) is 0.917. The van der Waals surface area contributed by atoms with Gasteiger partial charge in [-0.05, 0) is 6.42 Å². The number of carbonyl (C=O) groups is 1. The molecule has 2 nitrogen and oxygen atoms in total. The number of hydrogen-bond donors (Lipinski definition) is 0. The van der Waals surface area contributed by atoms with Crippen molar-refractivity contribution in [1.82, 2.24) is 4.90 Å². The van der Waals surface area contributed by atoms with Crippen molar-refractivity contribution in [3.63, 3.8) is 0 Å². The van der Waals surface area contributed by atoms with Gasteiger partial charge in [0.25, 0.3) is 0 Å². The van der Waals surface area contributed by atoms with Crippen molar-refractivity contribution in [2.45, 2.75) is 39.0 Å². The molecule has 0 unspecified atom stereocenters. The van der Waals surface area contributed by atoms with E-state index < -0.39 is 0 Å². The van der Waals surface area contributed by atoms with Gasteiger partial charge in [-0.2, -0.15) is 11.8 Å². The summed E-state index contributed by atoms with van der Waals surface area (Å²) in [6.45, 7) is 5.52. The van der Waals surface area contributed by atoms with Gasteiger partial charge in [-0.25, -0.2) is 0 Å². The Morgan fingerprint density at radius 3 is 2.60 bits per heavy atom. The van der Waals surface area contributed by atoms with E-state index in [9.17, 15) is 4.79 Å². The molecule has 1 aliphatic heterocycles. The number of hydrogen-bond acceptors (Lipinski definition) is 3. The molecule has 1 rings (SSSR count). The summed E-state index contributed by atoms with van der Waals surface area (Å²) in [7, 11) is 0. The highest BCUT2D eigenvalue weighted by atomic mass is 32.2. The largest absolute Gasteiger partial charge is 0.301 e. The van der Waals surface area contributed by atoms with Gasteiger partial charge in [0.15, 0.2) is 0 Å². The minimum absolute atomic E-state index is 0.460. The molecule has 0 radical (unpaired) electrons. The van der Waals surface area contributed by atoms with E-state index >= 15 is 0 Å². The van der Waals surface area contributed by atoms with E-state index in [1.165, 1.54) is 37.4 Å². The number of unbranched alkanes of at least 4 members (excludes halogenated alkanes) is 2. The molecular formula is C12H23NOS. The molecule has 1 heterocycles. The van der Waals surface area contributed by atoms with Crippen LogP contribution < -0.4 is 0 Å². The predicted molar refractivity (Wildman–Crippen MR) is 67.5 cm³/mol. The molecule has 0 bridgehead atoms. The van der Waals surface area contributed by atoms with Crippen molar-refractivity contribution in [2.24, 2.45) is 0 Å². The van der Waals surface area contributed by atoms with Crippen LogP contribution in [0.5, 0.6) is 0 Å². The Labute approximate surface area is 97.8 Å². The minimum Gasteiger partial charge on any atom is -0.301 e. The summed E-state index contributed by atoms with van der Waals surface area (Å²) >= 11 is 2.02. The van der Waals surface area contributed by atoms with Crippen LogP contribution >= 0.6 is 11.8 Å². The second kappa shape index (κ2) is 8.17. The fourth-order valence-corrected chi connectivity index (χ4v) is 2.78. The Morgan fingerprint density at radius 2 is 1.93 bits per heavy atom. The molecule has 0 aromatic rings. The van der Waals surface area contributed by atoms with Crippen LogP contribution in [0.1, 0.15) is 39.0 Å². The highest BCUT2D eigenvalue weighted by molar-refractivity contribution is 7.99. The van der Waals surface area contributed by atoms with Crippen molar-refractivity contribution in [3.8, 4) is 0 Å². The highest BCUT2D eigenvalue weighted by Crippen LogP contribution is 2.10. The maximum atomic E-state index is 11.5. The molecule has 0 spiro atoms. The van der Waals surface area contributed by atoms with Gasteiger partial charge in [-0.15, -0.1) is 0 Å². The zero-order valence-corrected chi connectivity index (χ0v) is 10.7. The Bertz CT molecular complexity index is 178. The maximum Gasteiger partial charge on any atom is 0.134 e. The lowest BCUT2D eigenvalue weighted by atomic mass is 10.1. The van der Waals surface area contributed by atoms with Gasteiger partial charge in [0.05, 0.1) is 0 Å². The van der Waals surface area contributed by atoms with E-state index in [4.69, 9.17) is 0 Å². The lowest BCUT2D eigenvalue weighted by Gasteiger charge is -2.25. The molecule has 0 atom stereocenters. The average Bonchev–Trinajstić information content (AvgIpc) is 2.28. The van der Waals surface area contributed by atoms with Crippen molar-refractivity contribution >= 4 is 17.5 Å². The Hall–Kier alpha value is -0.0200. The molecule has 0 aromatic carbocycles. The normalized spacial score (nSPS) is 17.9. The summed E-state index contributed by atoms with van der Waals surface area (Å²) in [6, 6.07) is 0. The summed E-state index contributed by atoms with van der Waals surface area (Å²) in [4.78, 5) is 14.0. The van der Waals surface area contributed by atoms with Gasteiger partial charge in [0.2, 0.25) is 0 Å². The van der Waals surface area contributed by atoms with E-state index in [-0.39, 0.29) is 0 Å². The van der Waals surface area contributed by atoms with Crippen LogP contribution in [0, 0.1) is 0 Å². The third-order valence-corrected chi connectivity index (χ3v) is 3.81. The molecular weight excluding hydrogens is 206 g/mol. The zero-order chi connectivity index (χ0) is 10.9. The first kappa shape index (κ1) is 13.0. The number of Topliss-reactive ketones (excluding diaryl/α,β-unsaturated/α-hetero) is 1. The number of ketones is 1. The van der Waals surface area contributed by atoms with Crippen molar-refractivity contribution in [1.29, 1.82) is 0 Å². The van der Waals surface area contributed by atoms with Gasteiger partial charge in [0.1, 0.15) is 5.78 Å². The van der Waals surface area contributed by atoms with Gasteiger partial charge in [0, 0.05) is 44.0 Å². The first-order valence-electron chi connectivity index (χ1n) is 6.14. The quantitative estimate of drug-likeness (QED) is 0.626. The molecule has 0 amide bonds. The topological polar surface area (TPSA) is 20.3 Å². The molecule has 0 saturated carbocycles. The number of carbonyl (C=O) groups excluding carboxylic acids is 1. The summed E-state index contributed by atoms with van der Waals surface area (Å²) < 4.78 is 0. The maximum absolute atomic E-state index is 11.5. The van der Waals surface area contributed by atoms with E-state index in [1.807, 2.05) is 11.8 Å². The van der Waals surface area contributed by atoms with Crippen LogP contribution in [-0.4, -0.2) is 41.8 Å². The lowest BCUT2D eigenvalue weighted by molar-refractivity contribution is -0.119. The molecule has 0 aliphatic carbocycles. The predicted octanol–water partition coefficient (Wildman–Crippen LogP) is 2.57. The molecule has 0 aromatic heterocycles. The van der Waals surface area contributed by atoms with Gasteiger partial charge in [-0.3, -0.25) is 4.79 Å². The lowest BCUT2D eigenvalue weighted by Crippen LogP contribution is -2.34. The third kappa shape index (κ3) is 6.21. The van der Waals surface area contributed by atoms with Gasteiger partial charge in [-0.1, -0.05) is 19.8 Å². The molecule has 1 aliphatic rings. The molecule has 1 fully saturated rings. The van der Waals surface area contributed by atoms with Crippen LogP contribution in [0.4, 0.5) is 0 Å². The second-order valence-corrected chi connectivity index (χ2v) is 5.42. The highest BCUT2D eigenvalue weighted by Gasteiger charge is 2.11. The molecule has 88 valence electrons. The standard InChI is InChI=1S/C12H23NOS/c1-2-3-4-5-12(14)6-7-13-8-10-15-11-9-13/h2-11H2,1H3. The van der Waals surface area contributed by atoms with Gasteiger partial charge >= 0.3 is 0 Å². The first-order valence-corrected chi connectivity index (χ1v) is 7.30. The number of thioether (sulfide) groups is 1. The van der Waals surface area contributed by atoms with Crippen molar-refractivity contribution < 1.29 is 4.79 Å². The monoisotopic (exact) mass is 229 g/mol. The van der Waals surface area contributed by atoms with E-state index in [0.29, 0.717) is 5.78 Å². The van der Waals surface area contributed by atoms with Crippen molar-refractivity contribution in [3.05, 3.63) is 0 Å². The van der Waals surface area contributed by atoms with Gasteiger partial charge < -0.3 is 4.90 Å². The third-order valence-electron chi connectivity index (χ3n) is 2.87. The molecule has 1 saturated heterocycles. The summed E-state index contributed by atoms with van der Waals surface area (Å²) in [6.07, 6.45) is 5.07.